The summed E-state index contributed by atoms with van der Waals surface area (Å²) in [4.78, 5) is 23.2. The van der Waals surface area contributed by atoms with Gasteiger partial charge in [-0.3, -0.25) is 13.8 Å². The highest BCUT2D eigenvalue weighted by Crippen LogP contribution is 2.43. The number of carbonyl (C=O) groups excluding carboxylic acids is 1. The van der Waals surface area contributed by atoms with Gasteiger partial charge in [0.25, 0.3) is 0 Å². The van der Waals surface area contributed by atoms with Crippen LogP contribution in [0.1, 0.15) is 251 Å². The van der Waals surface area contributed by atoms with E-state index in [-0.39, 0.29) is 19.1 Å². The molecule has 0 heterocycles. The van der Waals surface area contributed by atoms with Gasteiger partial charge in [-0.05, 0) is 57.8 Å². The molecule has 0 aromatic heterocycles. The molecular formula is C54H106N2O6P+. The van der Waals surface area contributed by atoms with Gasteiger partial charge in [0.2, 0.25) is 5.91 Å². The van der Waals surface area contributed by atoms with Gasteiger partial charge in [-0.2, -0.15) is 0 Å². The molecular weight excluding hydrogens is 804 g/mol. The van der Waals surface area contributed by atoms with Gasteiger partial charge in [0, 0.05) is 6.42 Å². The first-order valence-electron chi connectivity index (χ1n) is 26.9. The smallest absolute Gasteiger partial charge is 0.387 e. The number of carbonyl (C=O) groups is 1. The van der Waals surface area contributed by atoms with Crippen molar-refractivity contribution in [1.29, 1.82) is 0 Å². The number of phosphoric ester groups is 1. The first-order valence-corrected chi connectivity index (χ1v) is 28.4. The van der Waals surface area contributed by atoms with E-state index in [4.69, 9.17) is 9.05 Å². The fraction of sp³-hybridized carbons (Fsp3) is 0.870. The Morgan fingerprint density at radius 1 is 0.524 bits per heavy atom. The molecule has 0 aliphatic heterocycles. The van der Waals surface area contributed by atoms with Crippen molar-refractivity contribution in [3.05, 3.63) is 36.5 Å². The average Bonchev–Trinajstić information content (AvgIpc) is 3.24. The van der Waals surface area contributed by atoms with Crippen LogP contribution >= 0.6 is 7.82 Å². The van der Waals surface area contributed by atoms with E-state index >= 15 is 0 Å². The Labute approximate surface area is 391 Å². The van der Waals surface area contributed by atoms with Crippen molar-refractivity contribution < 1.29 is 32.9 Å². The molecule has 0 aromatic rings. The maximum absolute atomic E-state index is 12.9. The van der Waals surface area contributed by atoms with Crippen LogP contribution in [0.5, 0.6) is 0 Å². The van der Waals surface area contributed by atoms with E-state index in [1.54, 1.807) is 6.08 Å². The highest BCUT2D eigenvalue weighted by Gasteiger charge is 2.27. The normalized spacial score (nSPS) is 14.3. The van der Waals surface area contributed by atoms with E-state index in [2.05, 4.69) is 43.5 Å². The Bertz CT molecular complexity index is 1120. The first kappa shape index (κ1) is 61.7. The van der Waals surface area contributed by atoms with Gasteiger partial charge in [0.15, 0.2) is 0 Å². The third kappa shape index (κ3) is 48.5. The van der Waals surface area contributed by atoms with Crippen molar-refractivity contribution in [1.82, 2.24) is 5.32 Å². The molecule has 0 radical (unpaired) electrons. The molecule has 8 nitrogen and oxygen atoms in total. The highest BCUT2D eigenvalue weighted by molar-refractivity contribution is 7.47. The molecule has 0 saturated carbocycles. The number of aliphatic hydroxyl groups is 1. The Balaban J connectivity index is 4.29. The third-order valence-corrected chi connectivity index (χ3v) is 13.1. The van der Waals surface area contributed by atoms with Crippen LogP contribution in [0.25, 0.3) is 0 Å². The quantitative estimate of drug-likeness (QED) is 0.0243. The molecule has 0 saturated heterocycles. The fourth-order valence-corrected chi connectivity index (χ4v) is 8.55. The number of unbranched alkanes of at least 4 members (excludes halogenated alkanes) is 32. The number of hydrogen-bond acceptors (Lipinski definition) is 5. The van der Waals surface area contributed by atoms with Crippen LogP contribution in [-0.4, -0.2) is 73.4 Å². The molecule has 0 fully saturated rings. The standard InChI is InChI=1S/C54H105N2O6P/c1-6-8-10-12-14-16-18-20-22-24-26-27-28-29-30-32-34-36-38-40-42-44-46-48-54(58)55-52(51-62-63(59,60)61-50-49-56(3,4)5)53(57)47-45-43-41-39-37-35-33-31-25-23-21-19-17-15-13-11-9-7-2/h24,26,37,39,45,47,52-53,57H,6-23,25,27-36,38,40-44,46,48-51H2,1-5H3,(H-,55,58,59,60)/p+1/b26-24-,39-37+,47-45+. The van der Waals surface area contributed by atoms with Crippen molar-refractivity contribution in [3.8, 4) is 0 Å². The van der Waals surface area contributed by atoms with Gasteiger partial charge in [-0.15, -0.1) is 0 Å². The molecule has 3 atom stereocenters. The number of likely N-dealkylation sites (N-methyl/N-ethyl adjacent to an activating group) is 1. The number of quaternary nitrogens is 1. The van der Waals surface area contributed by atoms with Crippen molar-refractivity contribution in [2.24, 2.45) is 0 Å². The molecule has 372 valence electrons. The number of nitrogens with zero attached hydrogens (tertiary/aromatic N) is 1. The minimum absolute atomic E-state index is 0.0567. The minimum atomic E-state index is -4.35. The maximum atomic E-state index is 12.9. The fourth-order valence-electron chi connectivity index (χ4n) is 7.82. The molecule has 0 rings (SSSR count). The molecule has 3 unspecified atom stereocenters. The summed E-state index contributed by atoms with van der Waals surface area (Å²) < 4.78 is 23.6. The molecule has 1 amide bonds. The second kappa shape index (κ2) is 45.9. The summed E-state index contributed by atoms with van der Waals surface area (Å²) >= 11 is 0. The lowest BCUT2D eigenvalue weighted by atomic mass is 10.0. The lowest BCUT2D eigenvalue weighted by Gasteiger charge is -2.25. The van der Waals surface area contributed by atoms with Crippen LogP contribution in [0.15, 0.2) is 36.5 Å². The predicted molar refractivity (Wildman–Crippen MR) is 272 cm³/mol. The second-order valence-electron chi connectivity index (χ2n) is 19.6. The summed E-state index contributed by atoms with van der Waals surface area (Å²) in [5.41, 5.74) is 0. The zero-order valence-electron chi connectivity index (χ0n) is 42.3. The average molecular weight is 910 g/mol. The first-order chi connectivity index (χ1) is 30.5. The largest absolute Gasteiger partial charge is 0.472 e. The summed E-state index contributed by atoms with van der Waals surface area (Å²) in [5.74, 6) is -0.186. The molecule has 63 heavy (non-hydrogen) atoms. The van der Waals surface area contributed by atoms with E-state index in [0.29, 0.717) is 17.4 Å². The van der Waals surface area contributed by atoms with Gasteiger partial charge in [-0.25, -0.2) is 4.57 Å². The van der Waals surface area contributed by atoms with Crippen LogP contribution in [0.3, 0.4) is 0 Å². The molecule has 0 aliphatic rings. The predicted octanol–water partition coefficient (Wildman–Crippen LogP) is 15.8. The van der Waals surface area contributed by atoms with E-state index in [9.17, 15) is 19.4 Å². The Morgan fingerprint density at radius 2 is 0.873 bits per heavy atom. The van der Waals surface area contributed by atoms with Crippen LogP contribution in [-0.2, 0) is 18.4 Å². The zero-order valence-corrected chi connectivity index (χ0v) is 43.2. The Morgan fingerprint density at radius 3 is 1.27 bits per heavy atom. The van der Waals surface area contributed by atoms with Crippen LogP contribution in [0.4, 0.5) is 0 Å². The van der Waals surface area contributed by atoms with Gasteiger partial charge >= 0.3 is 7.82 Å². The van der Waals surface area contributed by atoms with Crippen LogP contribution in [0.2, 0.25) is 0 Å². The van der Waals surface area contributed by atoms with Gasteiger partial charge < -0.3 is 19.8 Å². The second-order valence-corrected chi connectivity index (χ2v) is 21.0. The lowest BCUT2D eigenvalue weighted by Crippen LogP contribution is -2.45. The van der Waals surface area contributed by atoms with Crippen molar-refractivity contribution in [3.63, 3.8) is 0 Å². The Hall–Kier alpha value is -1.28. The van der Waals surface area contributed by atoms with Crippen molar-refractivity contribution >= 4 is 13.7 Å². The van der Waals surface area contributed by atoms with E-state index < -0.39 is 20.0 Å². The number of nitrogens with one attached hydrogen (secondary N) is 1. The van der Waals surface area contributed by atoms with Crippen molar-refractivity contribution in [2.75, 3.05) is 40.9 Å². The summed E-state index contributed by atoms with van der Waals surface area (Å²) in [7, 11) is 1.56. The number of amides is 1. The SMILES string of the molecule is CCCCCCCCCC/C=C\CCCCCCCCCCCCCC(=O)NC(COP(=O)(O)OCC[N+](C)(C)C)C(O)/C=C/CC/C=C/CCCCCCCCCCCCCC. The number of rotatable bonds is 49. The van der Waals surface area contributed by atoms with Crippen molar-refractivity contribution in [2.45, 2.75) is 264 Å². The summed E-state index contributed by atoms with van der Waals surface area (Å²) in [5, 5.41) is 13.9. The van der Waals surface area contributed by atoms with E-state index in [1.165, 1.54) is 193 Å². The summed E-state index contributed by atoms with van der Waals surface area (Å²) in [6, 6.07) is -0.862. The minimum Gasteiger partial charge on any atom is -0.387 e. The molecule has 0 aliphatic carbocycles. The zero-order chi connectivity index (χ0) is 46.4. The summed E-state index contributed by atoms with van der Waals surface area (Å²) in [6.45, 7) is 4.82. The van der Waals surface area contributed by atoms with Gasteiger partial charge in [-0.1, -0.05) is 224 Å². The molecule has 0 aromatic carbocycles. The van der Waals surface area contributed by atoms with Gasteiger partial charge in [0.05, 0.1) is 39.9 Å². The van der Waals surface area contributed by atoms with Gasteiger partial charge in [0.1, 0.15) is 13.2 Å². The number of aliphatic hydroxyl groups excluding tert-OH is 1. The third-order valence-electron chi connectivity index (χ3n) is 12.1. The van der Waals surface area contributed by atoms with Crippen LogP contribution in [0, 0.1) is 0 Å². The topological polar surface area (TPSA) is 105 Å². The Kier molecular flexibility index (Phi) is 44.9. The highest BCUT2D eigenvalue weighted by atomic mass is 31.2. The lowest BCUT2D eigenvalue weighted by molar-refractivity contribution is -0.870. The maximum Gasteiger partial charge on any atom is 0.472 e. The molecule has 9 heteroatoms. The number of allylic oxidation sites excluding steroid dienone is 5. The monoisotopic (exact) mass is 910 g/mol. The molecule has 3 N–H and O–H groups in total. The molecule has 0 bridgehead atoms. The summed E-state index contributed by atoms with van der Waals surface area (Å²) in [6.07, 6.45) is 58.0. The van der Waals surface area contributed by atoms with Crippen LogP contribution < -0.4 is 5.32 Å². The number of phosphoric acid groups is 1. The number of hydrogen-bond donors (Lipinski definition) is 3. The van der Waals surface area contributed by atoms with E-state index in [1.807, 2.05) is 27.2 Å². The molecule has 0 spiro atoms. The van der Waals surface area contributed by atoms with E-state index in [0.717, 1.165) is 38.5 Å².